The molecule has 2 aromatic heterocycles. The molecule has 118 valence electrons. The van der Waals surface area contributed by atoms with Crippen molar-refractivity contribution in [3.05, 3.63) is 71.9 Å². The number of nitrogens with zero attached hydrogens (tertiary/aromatic N) is 3. The van der Waals surface area contributed by atoms with Crippen molar-refractivity contribution >= 4 is 28.1 Å². The van der Waals surface area contributed by atoms with Gasteiger partial charge in [0.1, 0.15) is 12.1 Å². The number of fused-ring (bicyclic) bond motifs is 1. The summed E-state index contributed by atoms with van der Waals surface area (Å²) in [7, 11) is 0. The third kappa shape index (κ3) is 2.39. The van der Waals surface area contributed by atoms with Crippen LogP contribution in [0, 0.1) is 6.92 Å². The normalized spacial score (nSPS) is 11.0. The van der Waals surface area contributed by atoms with E-state index in [9.17, 15) is 5.11 Å². The van der Waals surface area contributed by atoms with Gasteiger partial charge in [-0.15, -0.1) is 0 Å². The molecule has 0 aliphatic carbocycles. The molecule has 0 saturated heterocycles. The summed E-state index contributed by atoms with van der Waals surface area (Å²) in [4.78, 5) is 9.87. The Bertz CT molecular complexity index is 1050. The molecule has 4 nitrogen and oxygen atoms in total. The van der Waals surface area contributed by atoms with Gasteiger partial charge in [-0.2, -0.15) is 0 Å². The van der Waals surface area contributed by atoms with Gasteiger partial charge in [0, 0.05) is 5.56 Å². The van der Waals surface area contributed by atoms with Gasteiger partial charge in [0.05, 0.1) is 21.6 Å². The SMILES string of the molecule is C=C(O)c1sc(-n2cnc3cc(C)ccc32)nc1-c1ccccc1. The predicted molar refractivity (Wildman–Crippen MR) is 98.6 cm³/mol. The maximum Gasteiger partial charge on any atom is 0.196 e. The van der Waals surface area contributed by atoms with E-state index in [0.29, 0.717) is 4.88 Å². The second-order valence-corrected chi connectivity index (χ2v) is 6.57. The fraction of sp³-hybridized carbons (Fsp3) is 0.0526. The van der Waals surface area contributed by atoms with Gasteiger partial charge in [-0.3, -0.25) is 4.57 Å². The maximum absolute atomic E-state index is 9.98. The number of hydrogen-bond acceptors (Lipinski definition) is 4. The molecule has 0 fully saturated rings. The van der Waals surface area contributed by atoms with Crippen LogP contribution < -0.4 is 0 Å². The van der Waals surface area contributed by atoms with Crippen molar-refractivity contribution < 1.29 is 5.11 Å². The van der Waals surface area contributed by atoms with Crippen molar-refractivity contribution in [1.82, 2.24) is 14.5 Å². The summed E-state index contributed by atoms with van der Waals surface area (Å²) in [5, 5.41) is 10.7. The topological polar surface area (TPSA) is 50.9 Å². The van der Waals surface area contributed by atoms with Crippen molar-refractivity contribution in [3.8, 4) is 16.4 Å². The summed E-state index contributed by atoms with van der Waals surface area (Å²) in [5.74, 6) is 0.0258. The van der Waals surface area contributed by atoms with Crippen molar-refractivity contribution in [2.75, 3.05) is 0 Å². The monoisotopic (exact) mass is 333 g/mol. The summed E-state index contributed by atoms with van der Waals surface area (Å²) < 4.78 is 1.94. The van der Waals surface area contributed by atoms with Crippen LogP contribution in [0.4, 0.5) is 0 Å². The van der Waals surface area contributed by atoms with Gasteiger partial charge in [-0.1, -0.05) is 54.3 Å². The number of imidazole rings is 1. The van der Waals surface area contributed by atoms with Crippen LogP contribution >= 0.6 is 11.3 Å². The molecule has 4 rings (SSSR count). The van der Waals surface area contributed by atoms with Crippen LogP contribution in [0.15, 0.2) is 61.4 Å². The highest BCUT2D eigenvalue weighted by Gasteiger charge is 2.17. The fourth-order valence-corrected chi connectivity index (χ4v) is 3.62. The van der Waals surface area contributed by atoms with E-state index in [1.54, 1.807) is 6.33 Å². The van der Waals surface area contributed by atoms with E-state index in [1.807, 2.05) is 54.0 Å². The van der Waals surface area contributed by atoms with Crippen LogP contribution in [0.3, 0.4) is 0 Å². The molecule has 0 atom stereocenters. The minimum absolute atomic E-state index is 0.0258. The third-order valence-electron chi connectivity index (χ3n) is 3.83. The molecule has 0 radical (unpaired) electrons. The number of aromatic nitrogens is 3. The Kier molecular flexibility index (Phi) is 3.43. The first-order valence-electron chi connectivity index (χ1n) is 7.52. The molecule has 0 amide bonds. The minimum atomic E-state index is 0.0258. The Morgan fingerprint density at radius 1 is 1.17 bits per heavy atom. The van der Waals surface area contributed by atoms with Crippen molar-refractivity contribution in [1.29, 1.82) is 0 Å². The molecule has 0 aliphatic heterocycles. The average molecular weight is 333 g/mol. The molecule has 0 saturated carbocycles. The number of aryl methyl sites for hydroxylation is 1. The maximum atomic E-state index is 9.98. The lowest BCUT2D eigenvalue weighted by Crippen LogP contribution is -1.91. The zero-order valence-electron chi connectivity index (χ0n) is 13.1. The van der Waals surface area contributed by atoms with E-state index >= 15 is 0 Å². The van der Waals surface area contributed by atoms with E-state index < -0.39 is 0 Å². The zero-order valence-corrected chi connectivity index (χ0v) is 13.9. The number of hydrogen-bond donors (Lipinski definition) is 1. The Morgan fingerprint density at radius 3 is 2.71 bits per heavy atom. The number of aliphatic hydroxyl groups is 1. The van der Waals surface area contributed by atoms with Crippen LogP contribution in [0.25, 0.3) is 33.2 Å². The summed E-state index contributed by atoms with van der Waals surface area (Å²) in [6.45, 7) is 5.73. The highest BCUT2D eigenvalue weighted by Crippen LogP contribution is 2.34. The number of benzene rings is 2. The Hall–Kier alpha value is -2.92. The van der Waals surface area contributed by atoms with E-state index in [2.05, 4.69) is 17.6 Å². The molecular weight excluding hydrogens is 318 g/mol. The van der Waals surface area contributed by atoms with E-state index in [1.165, 1.54) is 16.9 Å². The van der Waals surface area contributed by atoms with Gasteiger partial charge < -0.3 is 5.11 Å². The largest absolute Gasteiger partial charge is 0.507 e. The summed E-state index contributed by atoms with van der Waals surface area (Å²) in [6.07, 6.45) is 1.77. The molecule has 0 spiro atoms. The van der Waals surface area contributed by atoms with Gasteiger partial charge in [0.25, 0.3) is 0 Å². The lowest BCUT2D eigenvalue weighted by Gasteiger charge is -2.00. The minimum Gasteiger partial charge on any atom is -0.507 e. The predicted octanol–water partition coefficient (Wildman–Crippen LogP) is 4.99. The van der Waals surface area contributed by atoms with Crippen molar-refractivity contribution in [2.24, 2.45) is 0 Å². The highest BCUT2D eigenvalue weighted by molar-refractivity contribution is 7.15. The summed E-state index contributed by atoms with van der Waals surface area (Å²) >= 11 is 1.40. The second-order valence-electron chi connectivity index (χ2n) is 5.59. The quantitative estimate of drug-likeness (QED) is 0.538. The van der Waals surface area contributed by atoms with Crippen molar-refractivity contribution in [3.63, 3.8) is 0 Å². The number of rotatable bonds is 3. The van der Waals surface area contributed by atoms with Crippen LogP contribution in [0.2, 0.25) is 0 Å². The van der Waals surface area contributed by atoms with Crippen LogP contribution in [-0.4, -0.2) is 19.6 Å². The van der Waals surface area contributed by atoms with Gasteiger partial charge in [-0.05, 0) is 24.6 Å². The molecule has 1 N–H and O–H groups in total. The Labute approximate surface area is 143 Å². The Balaban J connectivity index is 1.91. The lowest BCUT2D eigenvalue weighted by atomic mass is 10.1. The molecule has 0 aliphatic rings. The van der Waals surface area contributed by atoms with E-state index in [0.717, 1.165) is 27.4 Å². The fourth-order valence-electron chi connectivity index (χ4n) is 2.67. The summed E-state index contributed by atoms with van der Waals surface area (Å²) in [6, 6.07) is 15.9. The zero-order chi connectivity index (χ0) is 16.7. The second kappa shape index (κ2) is 5.62. The molecule has 2 aromatic carbocycles. The van der Waals surface area contributed by atoms with Crippen LogP contribution in [-0.2, 0) is 0 Å². The van der Waals surface area contributed by atoms with Gasteiger partial charge in [-0.25, -0.2) is 9.97 Å². The molecule has 0 unspecified atom stereocenters. The van der Waals surface area contributed by atoms with E-state index in [4.69, 9.17) is 4.98 Å². The number of thiazole rings is 1. The Morgan fingerprint density at radius 2 is 1.96 bits per heavy atom. The highest BCUT2D eigenvalue weighted by atomic mass is 32.1. The van der Waals surface area contributed by atoms with Gasteiger partial charge in [0.2, 0.25) is 0 Å². The summed E-state index contributed by atoms with van der Waals surface area (Å²) in [5.41, 5.74) is 4.77. The first kappa shape index (κ1) is 14.7. The smallest absolute Gasteiger partial charge is 0.196 e. The first-order chi connectivity index (χ1) is 11.6. The van der Waals surface area contributed by atoms with E-state index in [-0.39, 0.29) is 5.76 Å². The molecule has 2 heterocycles. The number of aliphatic hydroxyl groups excluding tert-OH is 1. The van der Waals surface area contributed by atoms with Gasteiger partial charge in [0.15, 0.2) is 5.13 Å². The van der Waals surface area contributed by atoms with Crippen LogP contribution in [0.1, 0.15) is 10.4 Å². The van der Waals surface area contributed by atoms with Crippen molar-refractivity contribution in [2.45, 2.75) is 6.92 Å². The lowest BCUT2D eigenvalue weighted by molar-refractivity contribution is 0.516. The molecule has 24 heavy (non-hydrogen) atoms. The first-order valence-corrected chi connectivity index (χ1v) is 8.34. The average Bonchev–Trinajstić information content (AvgIpc) is 3.19. The standard InChI is InChI=1S/C19H15N3OS/c1-12-8-9-16-15(10-12)20-11-22(16)19-21-17(18(24-19)13(2)23)14-6-4-3-5-7-14/h3-11,23H,2H2,1H3. The third-order valence-corrected chi connectivity index (χ3v) is 4.94. The molecule has 5 heteroatoms. The van der Waals surface area contributed by atoms with Gasteiger partial charge >= 0.3 is 0 Å². The molecular formula is C19H15N3OS. The molecule has 4 aromatic rings. The molecule has 0 bridgehead atoms. The van der Waals surface area contributed by atoms with Crippen LogP contribution in [0.5, 0.6) is 0 Å².